The summed E-state index contributed by atoms with van der Waals surface area (Å²) in [7, 11) is -4.28. The Morgan fingerprint density at radius 2 is 1.69 bits per heavy atom. The molecular formula is C25H29ClN4O5S. The van der Waals surface area contributed by atoms with Gasteiger partial charge in [0, 0.05) is 29.9 Å². The molecule has 2 aliphatic heterocycles. The number of fused-ring (bicyclic) bond motifs is 1. The van der Waals surface area contributed by atoms with Gasteiger partial charge in [-0.1, -0.05) is 48.9 Å². The second kappa shape index (κ2) is 9.49. The molecule has 36 heavy (non-hydrogen) atoms. The fourth-order valence-electron chi connectivity index (χ4n) is 5.00. The molecule has 2 aromatic carbocycles. The van der Waals surface area contributed by atoms with Crippen LogP contribution < -0.4 is 5.73 Å². The second-order valence-electron chi connectivity index (χ2n) is 9.55. The molecule has 2 fully saturated rings. The molecule has 3 unspecified atom stereocenters. The van der Waals surface area contributed by atoms with Gasteiger partial charge in [-0.3, -0.25) is 14.4 Å². The van der Waals surface area contributed by atoms with Gasteiger partial charge in [0.2, 0.25) is 27.5 Å². The van der Waals surface area contributed by atoms with Gasteiger partial charge in [-0.25, -0.2) is 8.42 Å². The summed E-state index contributed by atoms with van der Waals surface area (Å²) >= 11 is 6.02. The fraction of sp³-hybridized carbons (Fsp3) is 0.400. The van der Waals surface area contributed by atoms with E-state index >= 15 is 0 Å². The highest BCUT2D eigenvalue weighted by Gasteiger charge is 2.65. The van der Waals surface area contributed by atoms with Crippen molar-refractivity contribution in [2.45, 2.75) is 49.8 Å². The maximum Gasteiger partial charge on any atom is 0.261 e. The molecular weight excluding hydrogens is 504 g/mol. The molecule has 2 N–H and O–H groups in total. The van der Waals surface area contributed by atoms with Crippen LogP contribution in [0.2, 0.25) is 5.02 Å². The number of amides is 3. The summed E-state index contributed by atoms with van der Waals surface area (Å²) in [5.74, 6) is -2.69. The normalized spacial score (nSPS) is 25.2. The van der Waals surface area contributed by atoms with Crippen LogP contribution >= 0.6 is 11.6 Å². The van der Waals surface area contributed by atoms with Crippen molar-refractivity contribution in [3.05, 3.63) is 65.2 Å². The Labute approximate surface area is 215 Å². The number of halogens is 1. The molecule has 3 amide bonds. The summed E-state index contributed by atoms with van der Waals surface area (Å²) in [4.78, 5) is 43.2. The van der Waals surface area contributed by atoms with E-state index in [1.807, 2.05) is 0 Å². The molecule has 192 valence electrons. The van der Waals surface area contributed by atoms with Crippen molar-refractivity contribution in [1.29, 1.82) is 0 Å². The van der Waals surface area contributed by atoms with E-state index in [2.05, 4.69) is 0 Å². The average molecular weight is 533 g/mol. The van der Waals surface area contributed by atoms with Crippen molar-refractivity contribution in [2.75, 3.05) is 13.1 Å². The van der Waals surface area contributed by atoms with E-state index in [1.165, 1.54) is 17.0 Å². The van der Waals surface area contributed by atoms with Gasteiger partial charge in [0.05, 0.1) is 11.4 Å². The summed E-state index contributed by atoms with van der Waals surface area (Å²) in [6, 6.07) is 13.0. The van der Waals surface area contributed by atoms with Crippen LogP contribution in [0.25, 0.3) is 0 Å². The lowest BCUT2D eigenvalue weighted by molar-refractivity contribution is -0.190. The summed E-state index contributed by atoms with van der Waals surface area (Å²) in [5.41, 5.74) is 4.58. The van der Waals surface area contributed by atoms with E-state index in [-0.39, 0.29) is 36.4 Å². The molecule has 2 aromatic rings. The van der Waals surface area contributed by atoms with E-state index in [0.29, 0.717) is 10.6 Å². The van der Waals surface area contributed by atoms with Crippen LogP contribution in [0.1, 0.15) is 26.3 Å². The highest BCUT2D eigenvalue weighted by molar-refractivity contribution is 7.89. The van der Waals surface area contributed by atoms with Crippen molar-refractivity contribution in [3.63, 3.8) is 0 Å². The van der Waals surface area contributed by atoms with Gasteiger partial charge in [0.1, 0.15) is 6.04 Å². The highest BCUT2D eigenvalue weighted by atomic mass is 35.5. The number of hydrogen-bond donors (Lipinski definition) is 1. The van der Waals surface area contributed by atoms with Crippen molar-refractivity contribution in [2.24, 2.45) is 11.7 Å². The number of nitrogens with zero attached hydrogens (tertiary/aromatic N) is 3. The first kappa shape index (κ1) is 26.1. The summed E-state index contributed by atoms with van der Waals surface area (Å²) < 4.78 is 28.9. The maximum atomic E-state index is 13.9. The van der Waals surface area contributed by atoms with Gasteiger partial charge < -0.3 is 15.5 Å². The third-order valence-corrected chi connectivity index (χ3v) is 9.02. The Morgan fingerprint density at radius 3 is 2.25 bits per heavy atom. The first-order valence-corrected chi connectivity index (χ1v) is 13.5. The minimum absolute atomic E-state index is 0.0330. The number of rotatable bonds is 6. The van der Waals surface area contributed by atoms with Gasteiger partial charge in [-0.2, -0.15) is 4.31 Å². The third kappa shape index (κ3) is 4.16. The number of sulfonamides is 1. The minimum Gasteiger partial charge on any atom is -0.366 e. The topological polar surface area (TPSA) is 121 Å². The minimum atomic E-state index is -4.28. The zero-order chi connectivity index (χ0) is 26.4. The van der Waals surface area contributed by atoms with Crippen molar-refractivity contribution in [1.82, 2.24) is 14.1 Å². The molecule has 0 aromatic heterocycles. The van der Waals surface area contributed by atoms with Crippen LogP contribution in [0.5, 0.6) is 0 Å². The zero-order valence-corrected chi connectivity index (χ0v) is 21.9. The van der Waals surface area contributed by atoms with Crippen LogP contribution in [0.3, 0.4) is 0 Å². The standard InChI is InChI=1S/C25H29ClN4O5S/c1-16(2)28-15-25(24(27)33)29(36(34,35)20-7-5-4-6-8-20)14-17(3)22(31)30(25)21(23(28)32)13-18-9-11-19(26)12-10-18/h4-12,16-17,21H,13-15H2,1-3H3,(H2,27,33). The predicted octanol–water partition coefficient (Wildman–Crippen LogP) is 1.85. The van der Waals surface area contributed by atoms with Gasteiger partial charge >= 0.3 is 0 Å². The molecule has 0 bridgehead atoms. The SMILES string of the molecule is CC1CN(S(=O)(=O)c2ccccc2)C2(C(N)=O)CN(C(C)C)C(=O)C(Cc3ccc(Cl)cc3)N2C1=O. The first-order valence-electron chi connectivity index (χ1n) is 11.7. The van der Waals surface area contributed by atoms with E-state index < -0.39 is 39.5 Å². The van der Waals surface area contributed by atoms with Crippen LogP contribution in [-0.2, 0) is 30.8 Å². The predicted molar refractivity (Wildman–Crippen MR) is 134 cm³/mol. The van der Waals surface area contributed by atoms with E-state index in [1.54, 1.807) is 63.2 Å². The molecule has 11 heteroatoms. The lowest BCUT2D eigenvalue weighted by Crippen LogP contribution is -2.84. The van der Waals surface area contributed by atoms with Gasteiger partial charge in [0.25, 0.3) is 5.91 Å². The quantitative estimate of drug-likeness (QED) is 0.608. The largest absolute Gasteiger partial charge is 0.366 e. The van der Waals surface area contributed by atoms with E-state index in [4.69, 9.17) is 17.3 Å². The van der Waals surface area contributed by atoms with Gasteiger partial charge in [0.15, 0.2) is 0 Å². The zero-order valence-electron chi connectivity index (χ0n) is 20.3. The van der Waals surface area contributed by atoms with E-state index in [0.717, 1.165) is 9.21 Å². The Kier molecular flexibility index (Phi) is 6.89. The molecule has 2 saturated heterocycles. The molecule has 0 spiro atoms. The number of nitrogens with two attached hydrogens (primary N) is 1. The number of piperazine rings is 1. The number of primary amides is 1. The number of hydrogen-bond acceptors (Lipinski definition) is 5. The monoisotopic (exact) mass is 532 g/mol. The molecule has 0 radical (unpaired) electrons. The lowest BCUT2D eigenvalue weighted by atomic mass is 9.88. The van der Waals surface area contributed by atoms with Crippen molar-refractivity contribution < 1.29 is 22.8 Å². The Balaban J connectivity index is 1.94. The summed E-state index contributed by atoms with van der Waals surface area (Å²) in [5, 5.41) is 0.506. The lowest BCUT2D eigenvalue weighted by Gasteiger charge is -2.59. The van der Waals surface area contributed by atoms with Gasteiger partial charge in [-0.05, 0) is 43.7 Å². The van der Waals surface area contributed by atoms with Gasteiger partial charge in [-0.15, -0.1) is 0 Å². The summed E-state index contributed by atoms with van der Waals surface area (Å²) in [6.07, 6.45) is 0.0614. The van der Waals surface area contributed by atoms with Crippen LogP contribution in [0.15, 0.2) is 59.5 Å². The Hall–Kier alpha value is -2.95. The number of benzene rings is 2. The highest BCUT2D eigenvalue weighted by Crippen LogP contribution is 2.41. The summed E-state index contributed by atoms with van der Waals surface area (Å²) in [6.45, 7) is 4.51. The molecule has 0 aliphatic carbocycles. The van der Waals surface area contributed by atoms with E-state index in [9.17, 15) is 22.8 Å². The first-order chi connectivity index (χ1) is 16.9. The van der Waals surface area contributed by atoms with Crippen LogP contribution in [0, 0.1) is 5.92 Å². The molecule has 3 atom stereocenters. The maximum absolute atomic E-state index is 13.9. The van der Waals surface area contributed by atoms with Crippen molar-refractivity contribution >= 4 is 39.3 Å². The molecule has 9 nitrogen and oxygen atoms in total. The molecule has 0 saturated carbocycles. The van der Waals surface area contributed by atoms with Crippen LogP contribution in [0.4, 0.5) is 0 Å². The number of carbonyl (C=O) groups excluding carboxylic acids is 3. The average Bonchev–Trinajstić information content (AvgIpc) is 2.84. The molecule has 2 aliphatic rings. The molecule has 2 heterocycles. The second-order valence-corrected chi connectivity index (χ2v) is 11.8. The van der Waals surface area contributed by atoms with Crippen molar-refractivity contribution in [3.8, 4) is 0 Å². The molecule has 4 rings (SSSR count). The smallest absolute Gasteiger partial charge is 0.261 e. The third-order valence-electron chi connectivity index (χ3n) is 6.87. The Morgan fingerprint density at radius 1 is 1.08 bits per heavy atom. The Bertz CT molecular complexity index is 1290. The van der Waals surface area contributed by atoms with Crippen LogP contribution in [-0.4, -0.2) is 71.1 Å². The fourth-order valence-corrected chi connectivity index (χ4v) is 6.93. The number of carbonyl (C=O) groups is 3.